The number of aliphatic hydroxyl groups is 18. The lowest BCUT2D eigenvalue weighted by molar-refractivity contribution is -0.480. The maximum atomic E-state index is 12.7. The highest BCUT2D eigenvalue weighted by molar-refractivity contribution is 5.32. The van der Waals surface area contributed by atoms with Crippen molar-refractivity contribution in [3.63, 3.8) is 0 Å². The number of fused-ring (bicyclic) bond motifs is 5. The lowest BCUT2D eigenvalue weighted by Gasteiger charge is -2.67. The van der Waals surface area contributed by atoms with E-state index in [1.165, 1.54) is 13.8 Å². The van der Waals surface area contributed by atoms with Gasteiger partial charge in [-0.3, -0.25) is 0 Å². The smallest absolute Gasteiger partial charge is 0.311 e. The van der Waals surface area contributed by atoms with Crippen molar-refractivity contribution in [2.75, 3.05) is 26.4 Å². The summed E-state index contributed by atoms with van der Waals surface area (Å²) in [5.74, 6) is -6.13. The minimum absolute atomic E-state index is 0.0170. The van der Waals surface area contributed by atoms with Gasteiger partial charge in [-0.15, -0.1) is 0 Å². The molecule has 80 heavy (non-hydrogen) atoms. The molecule has 30 atom stereocenters. The van der Waals surface area contributed by atoms with Crippen LogP contribution in [0.3, 0.4) is 0 Å². The summed E-state index contributed by atoms with van der Waals surface area (Å²) in [5.41, 5.74) is -2.73. The lowest BCUT2D eigenvalue weighted by Crippen LogP contribution is -2.70. The third-order valence-corrected chi connectivity index (χ3v) is 21.0. The molecule has 0 aromatic heterocycles. The van der Waals surface area contributed by atoms with Crippen LogP contribution in [-0.4, -0.2) is 264 Å². The largest absolute Gasteiger partial charge is 0.394 e. The van der Waals surface area contributed by atoms with Crippen molar-refractivity contribution >= 4 is 0 Å². The van der Waals surface area contributed by atoms with Crippen molar-refractivity contribution in [1.29, 1.82) is 0 Å². The van der Waals surface area contributed by atoms with Crippen molar-refractivity contribution in [3.8, 4) is 0 Å². The van der Waals surface area contributed by atoms with E-state index in [1.807, 2.05) is 13.8 Å². The van der Waals surface area contributed by atoms with E-state index in [4.69, 9.17) is 37.9 Å². The third kappa shape index (κ3) is 10.9. The Morgan fingerprint density at radius 1 is 0.625 bits per heavy atom. The molecule has 26 heteroatoms. The molecule has 0 aromatic rings. The molecule has 4 heterocycles. The van der Waals surface area contributed by atoms with Crippen molar-refractivity contribution in [2.24, 2.45) is 45.3 Å². The van der Waals surface area contributed by atoms with E-state index in [2.05, 4.69) is 33.8 Å². The molecule has 8 rings (SSSR count). The second-order valence-corrected chi connectivity index (χ2v) is 26.2. The van der Waals surface area contributed by atoms with E-state index in [9.17, 15) is 91.9 Å². The van der Waals surface area contributed by atoms with Crippen LogP contribution in [0, 0.1) is 45.3 Å². The first kappa shape index (κ1) is 64.7. The van der Waals surface area contributed by atoms with Gasteiger partial charge in [0.05, 0.1) is 50.3 Å². The van der Waals surface area contributed by atoms with E-state index in [1.54, 1.807) is 0 Å². The Hall–Kier alpha value is -1.30. The molecule has 4 aliphatic heterocycles. The van der Waals surface area contributed by atoms with Crippen LogP contribution >= 0.6 is 0 Å². The van der Waals surface area contributed by atoms with Gasteiger partial charge in [-0.2, -0.15) is 0 Å². The topological polar surface area (TPSA) is 438 Å². The number of hydrogen-bond acceptors (Lipinski definition) is 26. The van der Waals surface area contributed by atoms with Gasteiger partial charge in [0.25, 0.3) is 0 Å². The van der Waals surface area contributed by atoms with Gasteiger partial charge in [-0.05, 0) is 99.7 Å². The van der Waals surface area contributed by atoms with Gasteiger partial charge in [0.15, 0.2) is 24.8 Å². The summed E-state index contributed by atoms with van der Waals surface area (Å²) >= 11 is 0. The maximum Gasteiger partial charge on any atom is 0.311 e. The molecule has 26 nitrogen and oxygen atoms in total. The molecular formula is C54H92O26. The number of hydrogen-bond donors (Lipinski definition) is 18. The summed E-state index contributed by atoms with van der Waals surface area (Å²) in [6.07, 6.45) is -29.6. The molecule has 3 saturated carbocycles. The predicted molar refractivity (Wildman–Crippen MR) is 270 cm³/mol. The summed E-state index contributed by atoms with van der Waals surface area (Å²) < 4.78 is 46.5. The summed E-state index contributed by atoms with van der Waals surface area (Å²) in [4.78, 5) is 0. The molecule has 0 radical (unpaired) electrons. The van der Waals surface area contributed by atoms with E-state index < -0.39 is 189 Å². The number of ether oxygens (including phenoxy) is 8. The molecule has 0 aromatic carbocycles. The molecular weight excluding hydrogens is 1060 g/mol. The Labute approximate surface area is 465 Å². The Morgan fingerprint density at radius 3 is 1.73 bits per heavy atom. The van der Waals surface area contributed by atoms with Crippen LogP contribution in [0.15, 0.2) is 11.6 Å². The zero-order chi connectivity index (χ0) is 59.4. The van der Waals surface area contributed by atoms with Crippen LogP contribution in [0.2, 0.25) is 0 Å². The van der Waals surface area contributed by atoms with Crippen LogP contribution in [-0.2, 0) is 37.9 Å². The van der Waals surface area contributed by atoms with Crippen molar-refractivity contribution < 1.29 is 130 Å². The Bertz CT molecular complexity index is 2130. The SMILES string of the molecule is C[C@H](CCC(O[C@@H]1OC(CO[C@@H]2O[C@H](CO)[C@@H](O)[C@H](O)[C@H]2O)[C@@H](O)[C@H](O)[C@H]1O[C@]1(O)O[C@H](CO)[C@@H](O)[C@H](O)[C@H]1O)C(C)(C)O)[C@H]1CC[C@@]2(C)[C@@H]3CC=C4[C@@H](CC[C@H](O[C@]5(O)OC(CO)[C@@H](O)[C@H](O)[C@H]5O)C4(C)C)[C@]3(C)[C@H](O)C[C@]12C. The first-order chi connectivity index (χ1) is 37.1. The highest BCUT2D eigenvalue weighted by Gasteiger charge is 2.71. The van der Waals surface area contributed by atoms with Gasteiger partial charge in [0.1, 0.15) is 85.5 Å². The Kier molecular flexibility index (Phi) is 18.9. The van der Waals surface area contributed by atoms with Crippen molar-refractivity contribution in [1.82, 2.24) is 0 Å². The number of rotatable bonds is 17. The second kappa shape index (κ2) is 23.4. The average Bonchev–Trinajstić information content (AvgIpc) is 3.68. The fourth-order valence-electron chi connectivity index (χ4n) is 15.7. The molecule has 4 aliphatic carbocycles. The highest BCUT2D eigenvalue weighted by atomic mass is 16.9. The molecule has 18 N–H and O–H groups in total. The minimum atomic E-state index is -3.29. The molecule has 7 fully saturated rings. The summed E-state index contributed by atoms with van der Waals surface area (Å²) in [6.45, 7) is 12.5. The molecule has 0 spiro atoms. The van der Waals surface area contributed by atoms with Gasteiger partial charge in [-0.1, -0.05) is 53.2 Å². The minimum Gasteiger partial charge on any atom is -0.394 e. The zero-order valence-electron chi connectivity index (χ0n) is 46.8. The monoisotopic (exact) mass is 1160 g/mol. The average molecular weight is 1160 g/mol. The van der Waals surface area contributed by atoms with Crippen LogP contribution in [0.5, 0.6) is 0 Å². The van der Waals surface area contributed by atoms with Crippen LogP contribution in [0.4, 0.5) is 0 Å². The predicted octanol–water partition coefficient (Wildman–Crippen LogP) is -4.59. The van der Waals surface area contributed by atoms with Gasteiger partial charge < -0.3 is 130 Å². The lowest BCUT2D eigenvalue weighted by atomic mass is 9.38. The van der Waals surface area contributed by atoms with Gasteiger partial charge in [0, 0.05) is 10.8 Å². The Morgan fingerprint density at radius 2 is 1.16 bits per heavy atom. The standard InChI is InChI=1S/C54H92O26/c1-22(23-15-16-50(6)30-12-10-24-25(52(30,8)31(58)17-51(23,50)7)11-14-32(48(24,2)3)79-53(71)44(68)40(65)35(60)27(19-56)77-53)9-13-33(49(4,5)70)76-47-43(80-54(72)45(69)41(66)36(61)28(20-57)78-54)39(64)37(62)29(75-47)21-73-46-42(67)38(63)34(59)26(18-55)74-46/h10,22-23,25-47,55-72H,9,11-21H2,1-8H3/t22-,23-,25-,26-,27?,28-,29?,30+,31-,32+,33?,34-,35-,36-,37-,38+,39+,40+,41+,42-,43-,44-,45-,46-,47+,50+,51-,52+,53-,54-/m1/s1. The molecule has 3 unspecified atom stereocenters. The Balaban J connectivity index is 1.00. The van der Waals surface area contributed by atoms with Crippen molar-refractivity contribution in [2.45, 2.75) is 253 Å². The molecule has 0 amide bonds. The summed E-state index contributed by atoms with van der Waals surface area (Å²) in [6, 6.07) is 0. The maximum absolute atomic E-state index is 12.7. The number of aliphatic hydroxyl groups excluding tert-OH is 15. The fourth-order valence-corrected chi connectivity index (χ4v) is 15.7. The second-order valence-electron chi connectivity index (χ2n) is 26.2. The normalized spacial score (nSPS) is 52.3. The van der Waals surface area contributed by atoms with Gasteiger partial charge in [-0.25, -0.2) is 0 Å². The van der Waals surface area contributed by atoms with Crippen LogP contribution in [0.25, 0.3) is 0 Å². The van der Waals surface area contributed by atoms with E-state index in [0.29, 0.717) is 32.1 Å². The van der Waals surface area contributed by atoms with E-state index in [0.717, 1.165) is 18.4 Å². The molecule has 8 aliphatic rings. The highest BCUT2D eigenvalue weighted by Crippen LogP contribution is 2.75. The molecule has 464 valence electrons. The fraction of sp³-hybridized carbons (Fsp3) is 0.963. The van der Waals surface area contributed by atoms with E-state index in [-0.39, 0.29) is 35.5 Å². The van der Waals surface area contributed by atoms with E-state index >= 15 is 0 Å². The third-order valence-electron chi connectivity index (χ3n) is 21.0. The van der Waals surface area contributed by atoms with Crippen LogP contribution < -0.4 is 0 Å². The first-order valence-electron chi connectivity index (χ1n) is 28.3. The summed E-state index contributed by atoms with van der Waals surface area (Å²) in [5, 5.41) is 195. The van der Waals surface area contributed by atoms with Crippen LogP contribution in [0.1, 0.15) is 107 Å². The quantitative estimate of drug-likeness (QED) is 0.0481. The van der Waals surface area contributed by atoms with Gasteiger partial charge >= 0.3 is 11.9 Å². The molecule has 0 bridgehead atoms. The van der Waals surface area contributed by atoms with Gasteiger partial charge in [0.2, 0.25) is 0 Å². The molecule has 4 saturated heterocycles. The summed E-state index contributed by atoms with van der Waals surface area (Å²) in [7, 11) is 0. The zero-order valence-corrected chi connectivity index (χ0v) is 46.8. The first-order valence-corrected chi connectivity index (χ1v) is 28.3. The van der Waals surface area contributed by atoms with Crippen molar-refractivity contribution in [3.05, 3.63) is 11.6 Å². The number of allylic oxidation sites excluding steroid dienone is 1.